The summed E-state index contributed by atoms with van der Waals surface area (Å²) >= 11 is 1.49. The largest absolute Gasteiger partial charge is 0.358 e. The van der Waals surface area contributed by atoms with Crippen LogP contribution in [0.2, 0.25) is 0 Å². The first-order valence-electron chi connectivity index (χ1n) is 2.53. The van der Waals surface area contributed by atoms with Crippen molar-refractivity contribution in [1.29, 1.82) is 0 Å². The molecule has 0 aliphatic carbocycles. The smallest absolute Gasteiger partial charge is 0.156 e. The van der Waals surface area contributed by atoms with Gasteiger partial charge in [0, 0.05) is 7.05 Å². The molecule has 0 unspecified atom stereocenters. The fraction of sp³-hybridized carbons (Fsp3) is 0.600. The number of aldehydes is 1. The number of rotatable bonds is 2. The lowest BCUT2D eigenvalue weighted by Gasteiger charge is -1.99. The van der Waals surface area contributed by atoms with Crippen LogP contribution in [0, 0.1) is 0 Å². The molecule has 0 aromatic heterocycles. The van der Waals surface area contributed by atoms with Gasteiger partial charge in [0.05, 0.1) is 6.54 Å². The zero-order valence-electron chi connectivity index (χ0n) is 5.55. The molecule has 0 aliphatic heterocycles. The Hall–Kier alpha value is -0.510. The summed E-state index contributed by atoms with van der Waals surface area (Å²) in [6.45, 7) is 0.341. The van der Waals surface area contributed by atoms with Gasteiger partial charge in [-0.15, -0.1) is 0 Å². The maximum atomic E-state index is 9.81. The first kappa shape index (κ1) is 8.49. The molecule has 0 saturated heterocycles. The minimum Gasteiger partial charge on any atom is -0.358 e. The minimum absolute atomic E-state index is 0.341. The van der Waals surface area contributed by atoms with Crippen LogP contribution in [0.4, 0.5) is 0 Å². The molecular formula is C5H10N2OS. The molecule has 0 radical (unpaired) electrons. The molecule has 0 aromatic carbocycles. The van der Waals surface area contributed by atoms with Gasteiger partial charge in [0.25, 0.3) is 0 Å². The van der Waals surface area contributed by atoms with Gasteiger partial charge in [0.15, 0.2) is 5.17 Å². The Morgan fingerprint density at radius 3 is 2.89 bits per heavy atom. The summed E-state index contributed by atoms with van der Waals surface area (Å²) in [5.41, 5.74) is 0. The summed E-state index contributed by atoms with van der Waals surface area (Å²) in [7, 11) is 1.68. The molecule has 9 heavy (non-hydrogen) atoms. The van der Waals surface area contributed by atoms with Crippen molar-refractivity contribution in [2.24, 2.45) is 4.99 Å². The van der Waals surface area contributed by atoms with Crippen LogP contribution in [0.3, 0.4) is 0 Å². The normalized spacial score (nSPS) is 11.1. The second kappa shape index (κ2) is 5.62. The van der Waals surface area contributed by atoms with E-state index in [4.69, 9.17) is 0 Å². The summed E-state index contributed by atoms with van der Waals surface area (Å²) in [6, 6.07) is 0. The van der Waals surface area contributed by atoms with Gasteiger partial charge in [0.2, 0.25) is 0 Å². The number of amidine groups is 1. The van der Waals surface area contributed by atoms with Crippen molar-refractivity contribution in [3.8, 4) is 0 Å². The Labute approximate surface area is 58.9 Å². The molecule has 1 N–H and O–H groups in total. The second-order valence-corrected chi connectivity index (χ2v) is 2.08. The van der Waals surface area contributed by atoms with Crippen molar-refractivity contribution in [2.45, 2.75) is 0 Å². The van der Waals surface area contributed by atoms with Crippen LogP contribution in [0.25, 0.3) is 0 Å². The third-order valence-corrected chi connectivity index (χ3v) is 1.45. The van der Waals surface area contributed by atoms with Gasteiger partial charge in [-0.25, -0.2) is 0 Å². The molecular weight excluding hydrogens is 136 g/mol. The molecule has 0 fully saturated rings. The summed E-state index contributed by atoms with van der Waals surface area (Å²) < 4.78 is 0. The van der Waals surface area contributed by atoms with Gasteiger partial charge in [0.1, 0.15) is 6.29 Å². The van der Waals surface area contributed by atoms with Gasteiger partial charge >= 0.3 is 0 Å². The van der Waals surface area contributed by atoms with E-state index in [1.807, 2.05) is 6.26 Å². The highest BCUT2D eigenvalue weighted by Gasteiger charge is 1.89. The van der Waals surface area contributed by atoms with Crippen LogP contribution in [-0.2, 0) is 4.79 Å². The molecule has 4 heteroatoms. The quantitative estimate of drug-likeness (QED) is 0.342. The molecule has 0 saturated carbocycles. The lowest BCUT2D eigenvalue weighted by Crippen LogP contribution is -2.21. The van der Waals surface area contributed by atoms with Gasteiger partial charge in [-0.3, -0.25) is 4.99 Å². The molecule has 0 heterocycles. The summed E-state index contributed by atoms with van der Waals surface area (Å²) in [5, 5.41) is 3.61. The van der Waals surface area contributed by atoms with Crippen molar-refractivity contribution in [1.82, 2.24) is 5.32 Å². The number of nitrogens with zero attached hydrogens (tertiary/aromatic N) is 1. The monoisotopic (exact) mass is 146 g/mol. The van der Waals surface area contributed by atoms with E-state index >= 15 is 0 Å². The molecule has 0 spiro atoms. The lowest BCUT2D eigenvalue weighted by atomic mass is 10.7. The van der Waals surface area contributed by atoms with E-state index in [1.54, 1.807) is 7.05 Å². The molecule has 52 valence electrons. The van der Waals surface area contributed by atoms with Crippen LogP contribution in [0.15, 0.2) is 4.99 Å². The summed E-state index contributed by atoms with van der Waals surface area (Å²) in [4.78, 5) is 13.7. The zero-order chi connectivity index (χ0) is 7.11. The number of carbonyl (C=O) groups excluding carboxylic acids is 1. The number of aliphatic imine (C=N–C) groups is 1. The second-order valence-electron chi connectivity index (χ2n) is 1.28. The van der Waals surface area contributed by atoms with E-state index in [1.165, 1.54) is 11.8 Å². The third kappa shape index (κ3) is 4.02. The van der Waals surface area contributed by atoms with E-state index in [2.05, 4.69) is 10.3 Å². The fourth-order valence-electron chi connectivity index (χ4n) is 0.371. The SMILES string of the molecule is CN=C(NCC=O)SC. The maximum Gasteiger partial charge on any atom is 0.156 e. The fourth-order valence-corrected chi connectivity index (χ4v) is 0.782. The van der Waals surface area contributed by atoms with Crippen LogP contribution in [0.5, 0.6) is 0 Å². The molecule has 0 atom stereocenters. The van der Waals surface area contributed by atoms with E-state index in [9.17, 15) is 4.79 Å². The van der Waals surface area contributed by atoms with Crippen molar-refractivity contribution in [3.63, 3.8) is 0 Å². The zero-order valence-corrected chi connectivity index (χ0v) is 6.36. The van der Waals surface area contributed by atoms with E-state index in [0.717, 1.165) is 11.5 Å². The van der Waals surface area contributed by atoms with Gasteiger partial charge < -0.3 is 10.1 Å². The molecule has 0 amide bonds. The van der Waals surface area contributed by atoms with Crippen LogP contribution < -0.4 is 5.32 Å². The topological polar surface area (TPSA) is 41.5 Å². The van der Waals surface area contributed by atoms with E-state index < -0.39 is 0 Å². The molecule has 0 aromatic rings. The van der Waals surface area contributed by atoms with Crippen molar-refractivity contribution in [3.05, 3.63) is 0 Å². The Balaban J connectivity index is 3.44. The van der Waals surface area contributed by atoms with Crippen molar-refractivity contribution in [2.75, 3.05) is 19.8 Å². The molecule has 0 bridgehead atoms. The Kier molecular flexibility index (Phi) is 5.30. The average molecular weight is 146 g/mol. The lowest BCUT2D eigenvalue weighted by molar-refractivity contribution is -0.106. The number of carbonyl (C=O) groups is 1. The highest BCUT2D eigenvalue weighted by atomic mass is 32.2. The number of thioether (sulfide) groups is 1. The Morgan fingerprint density at radius 1 is 1.89 bits per heavy atom. The van der Waals surface area contributed by atoms with Crippen molar-refractivity contribution < 1.29 is 4.79 Å². The average Bonchev–Trinajstić information content (AvgIpc) is 1.91. The first-order chi connectivity index (χ1) is 4.35. The van der Waals surface area contributed by atoms with Gasteiger partial charge in [-0.1, -0.05) is 11.8 Å². The number of nitrogens with one attached hydrogen (secondary N) is 1. The molecule has 0 aliphatic rings. The first-order valence-corrected chi connectivity index (χ1v) is 3.76. The van der Waals surface area contributed by atoms with Crippen LogP contribution >= 0.6 is 11.8 Å². The van der Waals surface area contributed by atoms with E-state index in [-0.39, 0.29) is 0 Å². The highest BCUT2D eigenvalue weighted by molar-refractivity contribution is 8.13. The maximum absolute atomic E-state index is 9.81. The molecule has 3 nitrogen and oxygen atoms in total. The predicted molar refractivity (Wildman–Crippen MR) is 40.9 cm³/mol. The minimum atomic E-state index is 0.341. The third-order valence-electron chi connectivity index (χ3n) is 0.733. The number of hydrogen-bond donors (Lipinski definition) is 1. The van der Waals surface area contributed by atoms with Crippen LogP contribution in [0.1, 0.15) is 0 Å². The van der Waals surface area contributed by atoms with Crippen molar-refractivity contribution >= 4 is 23.2 Å². The summed E-state index contributed by atoms with van der Waals surface area (Å²) in [5.74, 6) is 0. The van der Waals surface area contributed by atoms with Gasteiger partial charge in [-0.05, 0) is 6.26 Å². The van der Waals surface area contributed by atoms with E-state index in [0.29, 0.717) is 6.54 Å². The predicted octanol–water partition coefficient (Wildman–Crippen LogP) is 0.124. The Bertz CT molecular complexity index is 114. The standard InChI is InChI=1S/C5H10N2OS/c1-6-5(9-2)7-3-4-8/h4H,3H2,1-2H3,(H,6,7). The van der Waals surface area contributed by atoms with Gasteiger partial charge in [-0.2, -0.15) is 0 Å². The number of hydrogen-bond acceptors (Lipinski definition) is 3. The summed E-state index contributed by atoms with van der Waals surface area (Å²) in [6.07, 6.45) is 2.71. The highest BCUT2D eigenvalue weighted by Crippen LogP contribution is 1.91. The van der Waals surface area contributed by atoms with Crippen LogP contribution in [-0.4, -0.2) is 31.3 Å². The Morgan fingerprint density at radius 2 is 2.56 bits per heavy atom. The molecule has 0 rings (SSSR count).